The summed E-state index contributed by atoms with van der Waals surface area (Å²) in [6.07, 6.45) is -0.406. The topological polar surface area (TPSA) is 66.4 Å². The van der Waals surface area contributed by atoms with Gasteiger partial charge in [-0.15, -0.1) is 0 Å². The Balaban J connectivity index is 1.78. The second-order valence-corrected chi connectivity index (χ2v) is 7.09. The fourth-order valence-electron chi connectivity index (χ4n) is 3.34. The number of Topliss-reactive ketones (excluding diaryl/α,β-unsaturated/α-hetero) is 1. The van der Waals surface area contributed by atoms with E-state index in [4.69, 9.17) is 23.2 Å². The van der Waals surface area contributed by atoms with Gasteiger partial charge in [0.15, 0.2) is 11.4 Å². The van der Waals surface area contributed by atoms with Crippen LogP contribution in [0.1, 0.15) is 22.3 Å². The van der Waals surface area contributed by atoms with E-state index in [9.17, 15) is 14.7 Å². The fourth-order valence-corrected chi connectivity index (χ4v) is 3.88. The third-order valence-electron chi connectivity index (χ3n) is 4.62. The van der Waals surface area contributed by atoms with Gasteiger partial charge in [0.05, 0.1) is 17.1 Å². The summed E-state index contributed by atoms with van der Waals surface area (Å²) in [5, 5.41) is 15.7. The second kappa shape index (κ2) is 6.09. The zero-order valence-corrected chi connectivity index (χ0v) is 14.9. The minimum atomic E-state index is -2.02. The second-order valence-electron chi connectivity index (χ2n) is 6.25. The van der Waals surface area contributed by atoms with E-state index in [0.29, 0.717) is 5.56 Å². The highest BCUT2D eigenvalue weighted by atomic mass is 35.5. The quantitative estimate of drug-likeness (QED) is 0.649. The summed E-state index contributed by atoms with van der Waals surface area (Å²) >= 11 is 12.1. The van der Waals surface area contributed by atoms with Crippen LogP contribution in [0, 0.1) is 0 Å². The van der Waals surface area contributed by atoms with Gasteiger partial charge < -0.3 is 10.4 Å². The van der Waals surface area contributed by atoms with Crippen LogP contribution >= 0.6 is 23.2 Å². The molecule has 0 radical (unpaired) electrons. The molecule has 26 heavy (non-hydrogen) atoms. The Bertz CT molecular complexity index is 1070. The number of rotatable bonds is 3. The molecule has 4 nitrogen and oxygen atoms in total. The van der Waals surface area contributed by atoms with Gasteiger partial charge in [0.2, 0.25) is 0 Å². The number of carbonyl (C=O) groups is 2. The van der Waals surface area contributed by atoms with E-state index in [1.165, 1.54) is 12.1 Å². The minimum Gasteiger partial charge on any atom is -0.375 e. The molecule has 3 aromatic carbocycles. The van der Waals surface area contributed by atoms with Crippen LogP contribution in [-0.2, 0) is 10.4 Å². The molecule has 1 aliphatic heterocycles. The number of anilines is 1. The lowest BCUT2D eigenvalue weighted by molar-refractivity contribution is -0.133. The molecule has 1 atom stereocenters. The summed E-state index contributed by atoms with van der Waals surface area (Å²) in [6, 6.07) is 15.7. The average molecular weight is 386 g/mol. The maximum absolute atomic E-state index is 12.9. The molecule has 1 aliphatic rings. The Morgan fingerprint density at radius 2 is 1.81 bits per heavy atom. The van der Waals surface area contributed by atoms with Gasteiger partial charge in [-0.05, 0) is 22.9 Å². The van der Waals surface area contributed by atoms with Crippen LogP contribution in [0.3, 0.4) is 0 Å². The standard InChI is InChI=1S/C20H13Cl2NO3/c21-12-8-15-18(16(22)9-12)23-19(25)20(15,26)10-17(24)14-7-3-5-11-4-1-2-6-13(11)14/h1-9,26H,10H2,(H,23,25)/t20-/m0/s1. The smallest absolute Gasteiger partial charge is 0.261 e. The minimum absolute atomic E-state index is 0.216. The van der Waals surface area contributed by atoms with Gasteiger partial charge in [0.1, 0.15) is 0 Å². The van der Waals surface area contributed by atoms with Gasteiger partial charge in [-0.3, -0.25) is 9.59 Å². The van der Waals surface area contributed by atoms with Crippen LogP contribution in [0.25, 0.3) is 10.8 Å². The maximum Gasteiger partial charge on any atom is 0.261 e. The largest absolute Gasteiger partial charge is 0.375 e. The predicted octanol–water partition coefficient (Wildman–Crippen LogP) is 4.56. The maximum atomic E-state index is 12.9. The summed E-state index contributed by atoms with van der Waals surface area (Å²) in [5.41, 5.74) is -1.06. The number of halogens is 2. The molecule has 130 valence electrons. The third kappa shape index (κ3) is 2.58. The molecule has 0 aromatic heterocycles. The molecule has 1 heterocycles. The highest BCUT2D eigenvalue weighted by molar-refractivity contribution is 6.37. The Labute approximate surface area is 159 Å². The van der Waals surface area contributed by atoms with Crippen LogP contribution in [0.5, 0.6) is 0 Å². The van der Waals surface area contributed by atoms with Gasteiger partial charge in [0, 0.05) is 16.1 Å². The predicted molar refractivity (Wildman–Crippen MR) is 102 cm³/mol. The first-order valence-electron chi connectivity index (χ1n) is 7.94. The SMILES string of the molecule is O=C(C[C@@]1(O)C(=O)Nc2c(Cl)cc(Cl)cc21)c1cccc2ccccc12. The van der Waals surface area contributed by atoms with Crippen molar-refractivity contribution in [3.8, 4) is 0 Å². The first kappa shape index (κ1) is 17.0. The third-order valence-corrected chi connectivity index (χ3v) is 5.14. The van der Waals surface area contributed by atoms with Crippen molar-refractivity contribution in [3.63, 3.8) is 0 Å². The van der Waals surface area contributed by atoms with Gasteiger partial charge in [-0.2, -0.15) is 0 Å². The highest BCUT2D eigenvalue weighted by Gasteiger charge is 2.48. The molecular formula is C20H13Cl2NO3. The van der Waals surface area contributed by atoms with Crippen molar-refractivity contribution >= 4 is 51.4 Å². The fraction of sp³-hybridized carbons (Fsp3) is 0.100. The van der Waals surface area contributed by atoms with E-state index in [-0.39, 0.29) is 27.1 Å². The highest BCUT2D eigenvalue weighted by Crippen LogP contribution is 2.44. The number of fused-ring (bicyclic) bond motifs is 2. The number of carbonyl (C=O) groups excluding carboxylic acids is 2. The number of ketones is 1. The summed E-state index contributed by atoms with van der Waals surface area (Å²) in [7, 11) is 0. The Hall–Kier alpha value is -2.40. The first-order valence-corrected chi connectivity index (χ1v) is 8.70. The van der Waals surface area contributed by atoms with Gasteiger partial charge in [-0.1, -0.05) is 65.7 Å². The Kier molecular flexibility index (Phi) is 3.99. The van der Waals surface area contributed by atoms with Crippen LogP contribution in [0.4, 0.5) is 5.69 Å². The zero-order chi connectivity index (χ0) is 18.5. The lowest BCUT2D eigenvalue weighted by Crippen LogP contribution is -2.36. The molecule has 0 fully saturated rings. The van der Waals surface area contributed by atoms with Crippen molar-refractivity contribution in [2.45, 2.75) is 12.0 Å². The molecule has 0 saturated carbocycles. The number of aliphatic hydroxyl groups is 1. The summed E-state index contributed by atoms with van der Waals surface area (Å²) in [6.45, 7) is 0. The first-order chi connectivity index (χ1) is 12.4. The number of nitrogens with one attached hydrogen (secondary N) is 1. The van der Waals surface area contributed by atoms with E-state index in [1.807, 2.05) is 30.3 Å². The summed E-state index contributed by atoms with van der Waals surface area (Å²) < 4.78 is 0. The lowest BCUT2D eigenvalue weighted by atomic mass is 9.87. The molecule has 0 unspecified atom stereocenters. The number of hydrogen-bond acceptors (Lipinski definition) is 3. The van der Waals surface area contributed by atoms with E-state index >= 15 is 0 Å². The lowest BCUT2D eigenvalue weighted by Gasteiger charge is -2.20. The van der Waals surface area contributed by atoms with E-state index in [2.05, 4.69) is 5.32 Å². The molecule has 0 bridgehead atoms. The Morgan fingerprint density at radius 3 is 2.62 bits per heavy atom. The summed E-state index contributed by atoms with van der Waals surface area (Å²) in [5.74, 6) is -1.03. The van der Waals surface area contributed by atoms with Crippen molar-refractivity contribution < 1.29 is 14.7 Å². The Morgan fingerprint density at radius 1 is 1.08 bits per heavy atom. The van der Waals surface area contributed by atoms with E-state index < -0.39 is 17.9 Å². The molecule has 6 heteroatoms. The molecule has 3 aromatic rings. The van der Waals surface area contributed by atoms with Crippen molar-refractivity contribution in [1.82, 2.24) is 0 Å². The zero-order valence-electron chi connectivity index (χ0n) is 13.4. The summed E-state index contributed by atoms with van der Waals surface area (Å²) in [4.78, 5) is 25.4. The molecule has 0 saturated heterocycles. The van der Waals surface area contributed by atoms with Crippen molar-refractivity contribution in [2.24, 2.45) is 0 Å². The molecule has 4 rings (SSSR count). The number of amides is 1. The van der Waals surface area contributed by atoms with E-state index in [0.717, 1.165) is 10.8 Å². The van der Waals surface area contributed by atoms with Crippen LogP contribution in [0.2, 0.25) is 10.0 Å². The monoisotopic (exact) mass is 385 g/mol. The number of benzene rings is 3. The van der Waals surface area contributed by atoms with Crippen LogP contribution < -0.4 is 5.32 Å². The molecule has 1 amide bonds. The van der Waals surface area contributed by atoms with Crippen molar-refractivity contribution in [1.29, 1.82) is 0 Å². The molecule has 0 aliphatic carbocycles. The van der Waals surface area contributed by atoms with Crippen molar-refractivity contribution in [3.05, 3.63) is 75.8 Å². The van der Waals surface area contributed by atoms with Crippen molar-refractivity contribution in [2.75, 3.05) is 5.32 Å². The van der Waals surface area contributed by atoms with Gasteiger partial charge in [0.25, 0.3) is 5.91 Å². The molecule has 2 N–H and O–H groups in total. The molecule has 0 spiro atoms. The average Bonchev–Trinajstić information content (AvgIpc) is 2.86. The normalized spacial score (nSPS) is 18.7. The van der Waals surface area contributed by atoms with Crippen LogP contribution in [0.15, 0.2) is 54.6 Å². The molecular weight excluding hydrogens is 373 g/mol. The van der Waals surface area contributed by atoms with E-state index in [1.54, 1.807) is 12.1 Å². The van der Waals surface area contributed by atoms with Gasteiger partial charge in [-0.25, -0.2) is 0 Å². The number of hydrogen-bond donors (Lipinski definition) is 2. The van der Waals surface area contributed by atoms with Gasteiger partial charge >= 0.3 is 0 Å². The van der Waals surface area contributed by atoms with Crippen LogP contribution in [-0.4, -0.2) is 16.8 Å².